The largest absolute Gasteiger partial charge is 0.493 e. The summed E-state index contributed by atoms with van der Waals surface area (Å²) in [5, 5.41) is 12.1. The predicted molar refractivity (Wildman–Crippen MR) is 67.7 cm³/mol. The van der Waals surface area contributed by atoms with Crippen molar-refractivity contribution < 1.29 is 14.3 Å². The van der Waals surface area contributed by atoms with Crippen molar-refractivity contribution in [2.45, 2.75) is 0 Å². The lowest BCUT2D eigenvalue weighted by Gasteiger charge is -2.10. The van der Waals surface area contributed by atoms with Gasteiger partial charge >= 0.3 is 5.69 Å². The number of halogens is 1. The molecule has 0 aliphatic rings. The van der Waals surface area contributed by atoms with Gasteiger partial charge in [-0.2, -0.15) is 0 Å². The molecule has 7 nitrogen and oxygen atoms in total. The van der Waals surface area contributed by atoms with E-state index in [1.54, 1.807) is 0 Å². The Morgan fingerprint density at radius 2 is 1.90 bits per heavy atom. The Balaban J connectivity index is 2.77. The minimum atomic E-state index is -1.01. The normalized spacial score (nSPS) is 10.3. The second-order valence-corrected chi connectivity index (χ2v) is 3.85. The Morgan fingerprint density at radius 3 is 2.45 bits per heavy atom. The SMILES string of the molecule is CNC(=O)c1c(O)n(-c2ccc(F)cc2)c(=O)[nH]c1=O. The van der Waals surface area contributed by atoms with Gasteiger partial charge in [-0.15, -0.1) is 0 Å². The van der Waals surface area contributed by atoms with Crippen LogP contribution in [0.15, 0.2) is 33.9 Å². The maximum Gasteiger partial charge on any atom is 0.335 e. The number of benzene rings is 1. The molecule has 0 saturated carbocycles. The van der Waals surface area contributed by atoms with Gasteiger partial charge in [0.25, 0.3) is 11.5 Å². The third kappa shape index (κ3) is 2.18. The molecule has 1 aromatic carbocycles. The molecule has 1 heterocycles. The number of aromatic nitrogens is 2. The molecule has 0 bridgehead atoms. The highest BCUT2D eigenvalue weighted by atomic mass is 19.1. The highest BCUT2D eigenvalue weighted by Crippen LogP contribution is 2.16. The van der Waals surface area contributed by atoms with E-state index in [1.807, 2.05) is 4.98 Å². The lowest BCUT2D eigenvalue weighted by molar-refractivity contribution is 0.0957. The summed E-state index contributed by atoms with van der Waals surface area (Å²) < 4.78 is 13.6. The molecule has 8 heteroatoms. The van der Waals surface area contributed by atoms with Crippen molar-refractivity contribution in [3.8, 4) is 11.6 Å². The number of hydrogen-bond acceptors (Lipinski definition) is 4. The van der Waals surface area contributed by atoms with Crippen LogP contribution in [0.25, 0.3) is 5.69 Å². The van der Waals surface area contributed by atoms with E-state index in [0.29, 0.717) is 4.57 Å². The van der Waals surface area contributed by atoms with Crippen LogP contribution in [0.3, 0.4) is 0 Å². The first-order chi connectivity index (χ1) is 9.45. The van der Waals surface area contributed by atoms with Gasteiger partial charge in [0.2, 0.25) is 5.88 Å². The molecule has 104 valence electrons. The number of aromatic amines is 1. The lowest BCUT2D eigenvalue weighted by Crippen LogP contribution is -2.35. The van der Waals surface area contributed by atoms with E-state index in [9.17, 15) is 23.9 Å². The molecule has 0 saturated heterocycles. The standard InChI is InChI=1S/C12H10FN3O4/c1-14-9(17)8-10(18)15-12(20)16(11(8)19)7-4-2-6(13)3-5-7/h2-5,19H,1H3,(H,14,17)(H,15,18,20). The van der Waals surface area contributed by atoms with Gasteiger partial charge in [0.05, 0.1) is 5.69 Å². The van der Waals surface area contributed by atoms with Gasteiger partial charge in [-0.25, -0.2) is 13.8 Å². The lowest BCUT2D eigenvalue weighted by atomic mass is 10.2. The molecular formula is C12H10FN3O4. The zero-order valence-corrected chi connectivity index (χ0v) is 10.3. The number of amides is 1. The van der Waals surface area contributed by atoms with Gasteiger partial charge in [-0.3, -0.25) is 14.6 Å². The van der Waals surface area contributed by atoms with Crippen molar-refractivity contribution in [2.75, 3.05) is 7.05 Å². The van der Waals surface area contributed by atoms with Crippen LogP contribution in [-0.2, 0) is 0 Å². The second kappa shape index (κ2) is 5.00. The molecule has 1 aromatic heterocycles. The summed E-state index contributed by atoms with van der Waals surface area (Å²) in [5.74, 6) is -2.19. The van der Waals surface area contributed by atoms with E-state index in [0.717, 1.165) is 12.1 Å². The van der Waals surface area contributed by atoms with Gasteiger partial charge in [0.1, 0.15) is 5.82 Å². The highest BCUT2D eigenvalue weighted by molar-refractivity contribution is 5.95. The minimum Gasteiger partial charge on any atom is -0.493 e. The van der Waals surface area contributed by atoms with Crippen molar-refractivity contribution in [2.24, 2.45) is 0 Å². The Kier molecular flexibility index (Phi) is 3.38. The monoisotopic (exact) mass is 279 g/mol. The second-order valence-electron chi connectivity index (χ2n) is 3.85. The average Bonchev–Trinajstić information content (AvgIpc) is 2.40. The maximum absolute atomic E-state index is 12.9. The Labute approximate surface area is 111 Å². The number of carbonyl (C=O) groups is 1. The van der Waals surface area contributed by atoms with Crippen molar-refractivity contribution in [1.82, 2.24) is 14.9 Å². The van der Waals surface area contributed by atoms with Gasteiger partial charge in [0.15, 0.2) is 5.56 Å². The number of nitrogens with zero attached hydrogens (tertiary/aromatic N) is 1. The predicted octanol–water partition coefficient (Wildman–Crippen LogP) is -0.270. The molecule has 0 unspecified atom stereocenters. The van der Waals surface area contributed by atoms with Crippen molar-refractivity contribution in [3.63, 3.8) is 0 Å². The Hall–Kier alpha value is -2.90. The van der Waals surface area contributed by atoms with Crippen LogP contribution in [0, 0.1) is 5.82 Å². The third-order valence-electron chi connectivity index (χ3n) is 2.62. The summed E-state index contributed by atoms with van der Waals surface area (Å²) in [6.45, 7) is 0. The van der Waals surface area contributed by atoms with Crippen LogP contribution in [0.2, 0.25) is 0 Å². The van der Waals surface area contributed by atoms with Crippen LogP contribution in [0.1, 0.15) is 10.4 Å². The maximum atomic E-state index is 12.9. The van der Waals surface area contributed by atoms with Gasteiger partial charge in [0, 0.05) is 7.05 Å². The quantitative estimate of drug-likeness (QED) is 0.703. The molecule has 0 fully saturated rings. The number of nitrogens with one attached hydrogen (secondary N) is 2. The average molecular weight is 279 g/mol. The van der Waals surface area contributed by atoms with Crippen LogP contribution in [0.4, 0.5) is 4.39 Å². The fourth-order valence-electron chi connectivity index (χ4n) is 1.68. The van der Waals surface area contributed by atoms with Gasteiger partial charge < -0.3 is 10.4 Å². The Bertz CT molecular complexity index is 777. The third-order valence-corrected chi connectivity index (χ3v) is 2.62. The zero-order chi connectivity index (χ0) is 14.9. The molecule has 0 aliphatic heterocycles. The fraction of sp³-hybridized carbons (Fsp3) is 0.0833. The van der Waals surface area contributed by atoms with Crippen molar-refractivity contribution >= 4 is 5.91 Å². The molecule has 0 aliphatic carbocycles. The number of rotatable bonds is 2. The molecule has 0 atom stereocenters. The first-order valence-electron chi connectivity index (χ1n) is 5.52. The van der Waals surface area contributed by atoms with E-state index in [-0.39, 0.29) is 5.69 Å². The first-order valence-corrected chi connectivity index (χ1v) is 5.52. The van der Waals surface area contributed by atoms with Crippen LogP contribution in [0.5, 0.6) is 5.88 Å². The molecule has 2 aromatic rings. The summed E-state index contributed by atoms with van der Waals surface area (Å²) in [5.41, 5.74) is -2.44. The smallest absolute Gasteiger partial charge is 0.335 e. The van der Waals surface area contributed by atoms with Crippen molar-refractivity contribution in [3.05, 3.63) is 56.5 Å². The molecule has 2 rings (SSSR count). The fourth-order valence-corrected chi connectivity index (χ4v) is 1.68. The number of carbonyl (C=O) groups excluding carboxylic acids is 1. The topological polar surface area (TPSA) is 104 Å². The summed E-state index contributed by atoms with van der Waals surface area (Å²) in [4.78, 5) is 36.7. The number of H-pyrrole nitrogens is 1. The number of hydrogen-bond donors (Lipinski definition) is 3. The Morgan fingerprint density at radius 1 is 1.30 bits per heavy atom. The molecule has 20 heavy (non-hydrogen) atoms. The summed E-state index contributed by atoms with van der Waals surface area (Å²) >= 11 is 0. The van der Waals surface area contributed by atoms with Crippen LogP contribution >= 0.6 is 0 Å². The van der Waals surface area contributed by atoms with Crippen LogP contribution in [-0.4, -0.2) is 27.6 Å². The first kappa shape index (κ1) is 13.5. The number of aromatic hydroxyl groups is 1. The minimum absolute atomic E-state index is 0.107. The van der Waals surface area contributed by atoms with E-state index in [4.69, 9.17) is 0 Å². The molecule has 1 amide bonds. The van der Waals surface area contributed by atoms with Crippen LogP contribution < -0.4 is 16.6 Å². The highest BCUT2D eigenvalue weighted by Gasteiger charge is 2.20. The summed E-state index contributed by atoms with van der Waals surface area (Å²) in [7, 11) is 1.27. The van der Waals surface area contributed by atoms with E-state index < -0.39 is 34.4 Å². The molecule has 0 spiro atoms. The molecule has 3 N–H and O–H groups in total. The molecular weight excluding hydrogens is 269 g/mol. The molecule has 0 radical (unpaired) electrons. The zero-order valence-electron chi connectivity index (χ0n) is 10.3. The van der Waals surface area contributed by atoms with E-state index in [1.165, 1.54) is 19.2 Å². The van der Waals surface area contributed by atoms with Gasteiger partial charge in [-0.05, 0) is 24.3 Å². The van der Waals surface area contributed by atoms with Crippen molar-refractivity contribution in [1.29, 1.82) is 0 Å². The van der Waals surface area contributed by atoms with E-state index in [2.05, 4.69) is 5.32 Å². The van der Waals surface area contributed by atoms with Gasteiger partial charge in [-0.1, -0.05) is 0 Å². The summed E-state index contributed by atoms with van der Waals surface area (Å²) in [6.07, 6.45) is 0. The summed E-state index contributed by atoms with van der Waals surface area (Å²) in [6, 6.07) is 4.60. The van der Waals surface area contributed by atoms with E-state index >= 15 is 0 Å².